The van der Waals surface area contributed by atoms with Crippen LogP contribution in [0.5, 0.6) is 0 Å². The van der Waals surface area contributed by atoms with Gasteiger partial charge in [0.2, 0.25) is 0 Å². The number of allylic oxidation sites excluding steroid dienone is 8. The molecule has 2 aliphatic heterocycles. The van der Waals surface area contributed by atoms with Gasteiger partial charge in [-0.1, -0.05) is 38.2 Å². The minimum Gasteiger partial charge on any atom is -0.481 e. The van der Waals surface area contributed by atoms with E-state index in [1.165, 1.54) is 0 Å². The molecule has 0 bridgehead atoms. The topological polar surface area (TPSA) is 98.7 Å². The van der Waals surface area contributed by atoms with Gasteiger partial charge in [-0.3, -0.25) is 9.59 Å². The van der Waals surface area contributed by atoms with E-state index in [-0.39, 0.29) is 0 Å². The lowest BCUT2D eigenvalue weighted by molar-refractivity contribution is -0.138. The van der Waals surface area contributed by atoms with Crippen LogP contribution in [0.3, 0.4) is 0 Å². The van der Waals surface area contributed by atoms with Gasteiger partial charge in [-0.25, -0.2) is 0 Å². The van der Waals surface area contributed by atoms with E-state index in [9.17, 15) is 9.59 Å². The molecule has 0 saturated heterocycles. The molecule has 144 valence electrons. The lowest BCUT2D eigenvalue weighted by Gasteiger charge is -1.79. The number of carboxylic acids is 2. The second-order valence-corrected chi connectivity index (χ2v) is 4.83. The van der Waals surface area contributed by atoms with Crippen molar-refractivity contribution in [2.75, 3.05) is 0 Å². The second-order valence-electron chi connectivity index (χ2n) is 4.83. The van der Waals surface area contributed by atoms with Gasteiger partial charge in [0, 0.05) is 37.6 Å². The SMILES string of the molecule is C1=CC=CNC=C1.C1=CC=CNC=C1.CCCC(=O)O.CCCC(=O)O. The van der Waals surface area contributed by atoms with Crippen LogP contribution < -0.4 is 10.6 Å². The van der Waals surface area contributed by atoms with E-state index < -0.39 is 11.9 Å². The summed E-state index contributed by atoms with van der Waals surface area (Å²) in [5.74, 6) is -1.42. The van der Waals surface area contributed by atoms with Gasteiger partial charge in [-0.05, 0) is 37.1 Å². The standard InChI is InChI=1S/2C6H7N.2C4H8O2/c2*1-2-4-6-7-5-3-1;2*1-2-3-4(5)6/h2*1-7H;2*2-3H2,1H3,(H,5,6). The summed E-state index contributed by atoms with van der Waals surface area (Å²) in [6, 6.07) is 0. The zero-order chi connectivity index (χ0) is 19.9. The van der Waals surface area contributed by atoms with Gasteiger partial charge in [0.1, 0.15) is 0 Å². The van der Waals surface area contributed by atoms with Crippen molar-refractivity contribution in [3.63, 3.8) is 0 Å². The maximum absolute atomic E-state index is 9.60. The van der Waals surface area contributed by atoms with Crippen LogP contribution in [0.15, 0.2) is 73.4 Å². The Balaban J connectivity index is 0. The van der Waals surface area contributed by atoms with E-state index in [1.807, 2.05) is 87.3 Å². The highest BCUT2D eigenvalue weighted by molar-refractivity contribution is 5.66. The molecule has 0 aromatic heterocycles. The number of carbonyl (C=O) groups is 2. The molecular weight excluding hydrogens is 332 g/mol. The van der Waals surface area contributed by atoms with E-state index in [0.717, 1.165) is 12.8 Å². The molecule has 0 amide bonds. The molecule has 0 saturated carbocycles. The molecule has 0 radical (unpaired) electrons. The fraction of sp³-hybridized carbons (Fsp3) is 0.300. The van der Waals surface area contributed by atoms with Crippen molar-refractivity contribution in [3.05, 3.63) is 73.4 Å². The minimum atomic E-state index is -0.711. The van der Waals surface area contributed by atoms with E-state index in [0.29, 0.717) is 12.8 Å². The Morgan fingerprint density at radius 2 is 0.885 bits per heavy atom. The molecule has 0 unspecified atom stereocenters. The second kappa shape index (κ2) is 22.0. The quantitative estimate of drug-likeness (QED) is 0.601. The molecule has 2 heterocycles. The van der Waals surface area contributed by atoms with Crippen molar-refractivity contribution in [3.8, 4) is 0 Å². The Hall–Kier alpha value is -3.02. The van der Waals surface area contributed by atoms with Gasteiger partial charge < -0.3 is 20.8 Å². The van der Waals surface area contributed by atoms with Gasteiger partial charge in [-0.2, -0.15) is 0 Å². The Labute approximate surface area is 156 Å². The van der Waals surface area contributed by atoms with Crippen molar-refractivity contribution < 1.29 is 19.8 Å². The van der Waals surface area contributed by atoms with Crippen molar-refractivity contribution in [2.45, 2.75) is 39.5 Å². The van der Waals surface area contributed by atoms with Crippen molar-refractivity contribution >= 4 is 11.9 Å². The molecule has 0 aromatic rings. The first-order chi connectivity index (χ1) is 12.5. The maximum Gasteiger partial charge on any atom is 0.303 e. The highest BCUT2D eigenvalue weighted by atomic mass is 16.4. The van der Waals surface area contributed by atoms with E-state index >= 15 is 0 Å². The lowest BCUT2D eigenvalue weighted by Crippen LogP contribution is -1.90. The number of carboxylic acid groups (broad SMARTS) is 2. The fourth-order valence-electron chi connectivity index (χ4n) is 1.24. The summed E-state index contributed by atoms with van der Waals surface area (Å²) in [4.78, 5) is 19.2. The summed E-state index contributed by atoms with van der Waals surface area (Å²) in [5.41, 5.74) is 0. The van der Waals surface area contributed by atoms with Gasteiger partial charge in [0.25, 0.3) is 0 Å². The van der Waals surface area contributed by atoms with Crippen LogP contribution in [0.25, 0.3) is 0 Å². The summed E-state index contributed by atoms with van der Waals surface area (Å²) in [6.45, 7) is 3.68. The van der Waals surface area contributed by atoms with Gasteiger partial charge in [-0.15, -0.1) is 0 Å². The van der Waals surface area contributed by atoms with E-state index in [4.69, 9.17) is 10.2 Å². The number of aliphatic carboxylic acids is 2. The maximum atomic E-state index is 9.60. The Morgan fingerprint density at radius 1 is 0.615 bits per heavy atom. The molecule has 0 atom stereocenters. The molecular formula is C20H30N2O4. The monoisotopic (exact) mass is 362 g/mol. The van der Waals surface area contributed by atoms with E-state index in [2.05, 4.69) is 10.6 Å². The van der Waals surface area contributed by atoms with Crippen LogP contribution >= 0.6 is 0 Å². The normalized spacial score (nSPS) is 12.4. The average molecular weight is 362 g/mol. The van der Waals surface area contributed by atoms with Crippen LogP contribution in [0.1, 0.15) is 39.5 Å². The first-order valence-electron chi connectivity index (χ1n) is 8.46. The number of hydrogen-bond acceptors (Lipinski definition) is 4. The van der Waals surface area contributed by atoms with Gasteiger partial charge >= 0.3 is 11.9 Å². The number of nitrogens with one attached hydrogen (secondary N) is 2. The summed E-state index contributed by atoms with van der Waals surface area (Å²) in [5, 5.41) is 21.7. The molecule has 0 aliphatic carbocycles. The largest absolute Gasteiger partial charge is 0.481 e. The summed E-state index contributed by atoms with van der Waals surface area (Å²) in [6.07, 6.45) is 25.2. The van der Waals surface area contributed by atoms with Crippen LogP contribution in [0, 0.1) is 0 Å². The van der Waals surface area contributed by atoms with Crippen molar-refractivity contribution in [2.24, 2.45) is 0 Å². The van der Waals surface area contributed by atoms with Gasteiger partial charge in [0.05, 0.1) is 0 Å². The molecule has 2 rings (SSSR count). The summed E-state index contributed by atoms with van der Waals surface area (Å²) >= 11 is 0. The van der Waals surface area contributed by atoms with Crippen LogP contribution in [-0.4, -0.2) is 22.2 Å². The Bertz CT molecular complexity index is 454. The smallest absolute Gasteiger partial charge is 0.303 e. The third-order valence-corrected chi connectivity index (χ3v) is 2.36. The van der Waals surface area contributed by atoms with Gasteiger partial charge in [0.15, 0.2) is 0 Å². The van der Waals surface area contributed by atoms with E-state index in [1.54, 1.807) is 0 Å². The predicted molar refractivity (Wildman–Crippen MR) is 106 cm³/mol. The highest BCUT2D eigenvalue weighted by Gasteiger charge is 1.88. The third kappa shape index (κ3) is 29.0. The number of hydrogen-bond donors (Lipinski definition) is 4. The number of rotatable bonds is 4. The molecule has 0 spiro atoms. The van der Waals surface area contributed by atoms with Crippen LogP contribution in [0.4, 0.5) is 0 Å². The van der Waals surface area contributed by atoms with Crippen molar-refractivity contribution in [1.82, 2.24) is 10.6 Å². The molecule has 0 fully saturated rings. The van der Waals surface area contributed by atoms with Crippen LogP contribution in [0.2, 0.25) is 0 Å². The Morgan fingerprint density at radius 3 is 1.04 bits per heavy atom. The summed E-state index contributed by atoms with van der Waals surface area (Å²) < 4.78 is 0. The zero-order valence-corrected chi connectivity index (χ0v) is 15.5. The van der Waals surface area contributed by atoms with Crippen molar-refractivity contribution in [1.29, 1.82) is 0 Å². The molecule has 6 heteroatoms. The molecule has 6 nitrogen and oxygen atoms in total. The minimum absolute atomic E-state index is 0.292. The molecule has 26 heavy (non-hydrogen) atoms. The van der Waals surface area contributed by atoms with Crippen LogP contribution in [-0.2, 0) is 9.59 Å². The molecule has 0 aromatic carbocycles. The molecule has 2 aliphatic rings. The Kier molecular flexibility index (Phi) is 21.3. The first-order valence-corrected chi connectivity index (χ1v) is 8.46. The first kappa shape index (κ1) is 25.2. The highest BCUT2D eigenvalue weighted by Crippen LogP contribution is 1.83. The lowest BCUT2D eigenvalue weighted by atomic mass is 10.4. The molecule has 4 N–H and O–H groups in total. The fourth-order valence-corrected chi connectivity index (χ4v) is 1.24. The summed E-state index contributed by atoms with van der Waals surface area (Å²) in [7, 11) is 0. The predicted octanol–water partition coefficient (Wildman–Crippen LogP) is 4.09. The zero-order valence-electron chi connectivity index (χ0n) is 15.5. The average Bonchev–Trinajstić information content (AvgIpc) is 3.06. The third-order valence-electron chi connectivity index (χ3n) is 2.36.